The number of morpholine rings is 1. The second-order valence-electron chi connectivity index (χ2n) is 8.36. The minimum atomic E-state index is -3.42. The Morgan fingerprint density at radius 2 is 1.87 bits per heavy atom. The third-order valence-corrected chi connectivity index (χ3v) is 8.18. The fourth-order valence-electron chi connectivity index (χ4n) is 4.69. The van der Waals surface area contributed by atoms with Gasteiger partial charge in [-0.25, -0.2) is 8.42 Å². The highest BCUT2D eigenvalue weighted by atomic mass is 32.2. The maximum absolute atomic E-state index is 13.1. The van der Waals surface area contributed by atoms with Crippen molar-refractivity contribution in [3.05, 3.63) is 42.0 Å². The SMILES string of the molecule is O=S(=O)(CCNCCCN1CCOCC1)N1CCCC1c1c(O)ccc2ccccc12. The molecule has 2 saturated heterocycles. The van der Waals surface area contributed by atoms with Crippen LogP contribution in [0.15, 0.2) is 36.4 Å². The smallest absolute Gasteiger partial charge is 0.215 e. The number of hydrogen-bond donors (Lipinski definition) is 2. The molecule has 0 spiro atoms. The van der Waals surface area contributed by atoms with Gasteiger partial charge in [0.15, 0.2) is 0 Å². The molecule has 4 rings (SSSR count). The van der Waals surface area contributed by atoms with E-state index in [2.05, 4.69) is 10.2 Å². The maximum atomic E-state index is 13.1. The van der Waals surface area contributed by atoms with Crippen LogP contribution in [0.1, 0.15) is 30.9 Å². The molecule has 2 fully saturated rings. The Morgan fingerprint density at radius 3 is 2.71 bits per heavy atom. The summed E-state index contributed by atoms with van der Waals surface area (Å²) in [6, 6.07) is 11.1. The highest BCUT2D eigenvalue weighted by molar-refractivity contribution is 7.89. The van der Waals surface area contributed by atoms with Gasteiger partial charge in [0.25, 0.3) is 0 Å². The highest BCUT2D eigenvalue weighted by Gasteiger charge is 2.36. The van der Waals surface area contributed by atoms with Gasteiger partial charge in [0.05, 0.1) is 25.0 Å². The van der Waals surface area contributed by atoms with Crippen LogP contribution in [0.3, 0.4) is 0 Å². The first-order valence-electron chi connectivity index (χ1n) is 11.3. The minimum absolute atomic E-state index is 0.0760. The molecule has 0 radical (unpaired) electrons. The van der Waals surface area contributed by atoms with Crippen LogP contribution < -0.4 is 5.32 Å². The maximum Gasteiger partial charge on any atom is 0.215 e. The number of phenols is 1. The molecule has 1 atom stereocenters. The summed E-state index contributed by atoms with van der Waals surface area (Å²) >= 11 is 0. The molecule has 0 amide bonds. The van der Waals surface area contributed by atoms with E-state index in [-0.39, 0.29) is 17.5 Å². The van der Waals surface area contributed by atoms with E-state index in [0.717, 1.165) is 75.0 Å². The van der Waals surface area contributed by atoms with Gasteiger partial charge in [0.1, 0.15) is 5.75 Å². The van der Waals surface area contributed by atoms with E-state index in [1.165, 1.54) is 0 Å². The molecule has 170 valence electrons. The van der Waals surface area contributed by atoms with Gasteiger partial charge in [-0.15, -0.1) is 0 Å². The van der Waals surface area contributed by atoms with Gasteiger partial charge in [-0.2, -0.15) is 4.31 Å². The van der Waals surface area contributed by atoms with Crippen molar-refractivity contribution in [3.8, 4) is 5.75 Å². The van der Waals surface area contributed by atoms with E-state index < -0.39 is 10.0 Å². The van der Waals surface area contributed by atoms with Crippen LogP contribution in [-0.4, -0.2) is 81.0 Å². The van der Waals surface area contributed by atoms with Crippen molar-refractivity contribution in [2.75, 3.05) is 58.2 Å². The Kier molecular flexibility index (Phi) is 7.45. The van der Waals surface area contributed by atoms with Crippen LogP contribution in [0.2, 0.25) is 0 Å². The van der Waals surface area contributed by atoms with Gasteiger partial charge in [0.2, 0.25) is 10.0 Å². The van der Waals surface area contributed by atoms with E-state index in [1.54, 1.807) is 10.4 Å². The Balaban J connectivity index is 1.34. The first-order valence-corrected chi connectivity index (χ1v) is 12.9. The zero-order valence-corrected chi connectivity index (χ0v) is 18.8. The third kappa shape index (κ3) is 5.38. The van der Waals surface area contributed by atoms with Crippen molar-refractivity contribution in [2.45, 2.75) is 25.3 Å². The zero-order chi connectivity index (χ0) is 21.7. The van der Waals surface area contributed by atoms with Gasteiger partial charge in [-0.1, -0.05) is 30.3 Å². The fourth-order valence-corrected chi connectivity index (χ4v) is 6.33. The van der Waals surface area contributed by atoms with Crippen LogP contribution in [0.5, 0.6) is 5.75 Å². The lowest BCUT2D eigenvalue weighted by molar-refractivity contribution is 0.0375. The summed E-state index contributed by atoms with van der Waals surface area (Å²) in [6.07, 6.45) is 2.53. The van der Waals surface area contributed by atoms with E-state index >= 15 is 0 Å². The first kappa shape index (κ1) is 22.5. The van der Waals surface area contributed by atoms with Gasteiger partial charge in [0, 0.05) is 31.7 Å². The monoisotopic (exact) mass is 447 g/mol. The van der Waals surface area contributed by atoms with Crippen LogP contribution in [-0.2, 0) is 14.8 Å². The predicted molar refractivity (Wildman–Crippen MR) is 123 cm³/mol. The van der Waals surface area contributed by atoms with Crippen LogP contribution in [0.25, 0.3) is 10.8 Å². The zero-order valence-electron chi connectivity index (χ0n) is 18.0. The Hall–Kier alpha value is -1.71. The quantitative estimate of drug-likeness (QED) is 0.574. The van der Waals surface area contributed by atoms with Crippen LogP contribution in [0, 0.1) is 0 Å². The van der Waals surface area contributed by atoms with E-state index in [1.807, 2.05) is 30.3 Å². The second kappa shape index (κ2) is 10.3. The predicted octanol–water partition coefficient (Wildman–Crippen LogP) is 2.32. The molecule has 0 bridgehead atoms. The van der Waals surface area contributed by atoms with Gasteiger partial charge in [-0.3, -0.25) is 4.90 Å². The number of sulfonamides is 1. The molecule has 2 aliphatic heterocycles. The van der Waals surface area contributed by atoms with Crippen LogP contribution in [0.4, 0.5) is 0 Å². The molecular weight excluding hydrogens is 414 g/mol. The molecule has 0 aromatic heterocycles. The van der Waals surface area contributed by atoms with E-state index in [4.69, 9.17) is 4.74 Å². The van der Waals surface area contributed by atoms with Gasteiger partial charge in [-0.05, 0) is 49.2 Å². The third-order valence-electron chi connectivity index (χ3n) is 6.31. The molecule has 2 heterocycles. The fraction of sp³-hybridized carbons (Fsp3) is 0.565. The minimum Gasteiger partial charge on any atom is -0.508 e. The topological polar surface area (TPSA) is 82.1 Å². The molecule has 2 N–H and O–H groups in total. The summed E-state index contributed by atoms with van der Waals surface area (Å²) in [5.74, 6) is 0.249. The lowest BCUT2D eigenvalue weighted by Crippen LogP contribution is -2.38. The number of nitrogens with one attached hydrogen (secondary N) is 1. The molecule has 1 unspecified atom stereocenters. The molecule has 8 heteroatoms. The first-order chi connectivity index (χ1) is 15.1. The summed E-state index contributed by atoms with van der Waals surface area (Å²) < 4.78 is 33.2. The summed E-state index contributed by atoms with van der Waals surface area (Å²) in [5.41, 5.74) is 0.734. The normalized spacial score (nSPS) is 21.1. The molecule has 0 saturated carbocycles. The number of hydrogen-bond acceptors (Lipinski definition) is 6. The number of rotatable bonds is 9. The average molecular weight is 448 g/mol. The molecule has 2 aliphatic rings. The summed E-state index contributed by atoms with van der Waals surface area (Å²) in [7, 11) is -3.42. The molecule has 2 aromatic carbocycles. The number of aromatic hydroxyl groups is 1. The summed E-state index contributed by atoms with van der Waals surface area (Å²) in [5, 5.41) is 15.8. The molecule has 2 aromatic rings. The van der Waals surface area contributed by atoms with Crippen molar-refractivity contribution in [3.63, 3.8) is 0 Å². The number of fused-ring (bicyclic) bond motifs is 1. The lowest BCUT2D eigenvalue weighted by Gasteiger charge is -2.27. The number of ether oxygens (including phenoxy) is 1. The van der Waals surface area contributed by atoms with Crippen molar-refractivity contribution in [1.29, 1.82) is 0 Å². The number of benzene rings is 2. The number of nitrogens with zero attached hydrogens (tertiary/aromatic N) is 2. The van der Waals surface area contributed by atoms with Crippen molar-refractivity contribution < 1.29 is 18.3 Å². The largest absolute Gasteiger partial charge is 0.508 e. The Morgan fingerprint density at radius 1 is 1.06 bits per heavy atom. The Labute approximate surface area is 185 Å². The molecule has 31 heavy (non-hydrogen) atoms. The Bertz CT molecular complexity index is 976. The van der Waals surface area contributed by atoms with Crippen molar-refractivity contribution in [2.24, 2.45) is 0 Å². The highest BCUT2D eigenvalue weighted by Crippen LogP contribution is 2.42. The molecule has 0 aliphatic carbocycles. The lowest BCUT2D eigenvalue weighted by atomic mass is 9.97. The van der Waals surface area contributed by atoms with Crippen molar-refractivity contribution in [1.82, 2.24) is 14.5 Å². The van der Waals surface area contributed by atoms with E-state index in [0.29, 0.717) is 13.1 Å². The van der Waals surface area contributed by atoms with Gasteiger partial charge < -0.3 is 15.2 Å². The summed E-state index contributed by atoms with van der Waals surface area (Å²) in [4.78, 5) is 2.38. The van der Waals surface area contributed by atoms with Crippen LogP contribution >= 0.6 is 0 Å². The standard InChI is InChI=1S/C23H33N3O4S/c27-22-9-8-19-5-1-2-6-20(19)23(22)21-7-3-13-26(21)31(28,29)18-11-24-10-4-12-25-14-16-30-17-15-25/h1-2,5-6,8-9,21,24,27H,3-4,7,10-18H2. The number of phenolic OH excluding ortho intramolecular Hbond substituents is 1. The molecule has 7 nitrogen and oxygen atoms in total. The average Bonchev–Trinajstić information content (AvgIpc) is 3.27. The van der Waals surface area contributed by atoms with Crippen molar-refractivity contribution >= 4 is 20.8 Å². The van der Waals surface area contributed by atoms with E-state index in [9.17, 15) is 13.5 Å². The summed E-state index contributed by atoms with van der Waals surface area (Å²) in [6.45, 7) is 6.32. The molecular formula is C23H33N3O4S. The second-order valence-corrected chi connectivity index (χ2v) is 10.4. The van der Waals surface area contributed by atoms with Gasteiger partial charge >= 0.3 is 0 Å².